The van der Waals surface area contributed by atoms with E-state index in [4.69, 9.17) is 11.6 Å². The van der Waals surface area contributed by atoms with Crippen LogP contribution >= 0.6 is 24.0 Å². The Labute approximate surface area is 136 Å². The second-order valence-corrected chi connectivity index (χ2v) is 6.01. The molecule has 3 rings (SSSR count). The third kappa shape index (κ3) is 4.02. The summed E-state index contributed by atoms with van der Waals surface area (Å²) in [6.07, 6.45) is 3.04. The summed E-state index contributed by atoms with van der Waals surface area (Å²) in [5.41, 5.74) is 1.13. The molecule has 21 heavy (non-hydrogen) atoms. The summed E-state index contributed by atoms with van der Waals surface area (Å²) in [7, 11) is 0. The highest BCUT2D eigenvalue weighted by Gasteiger charge is 2.28. The van der Waals surface area contributed by atoms with Crippen LogP contribution < -0.4 is 15.5 Å². The fourth-order valence-electron chi connectivity index (χ4n) is 3.00. The lowest BCUT2D eigenvalue weighted by Crippen LogP contribution is -2.46. The van der Waals surface area contributed by atoms with Gasteiger partial charge in [0.05, 0.1) is 6.04 Å². The van der Waals surface area contributed by atoms with E-state index in [1.54, 1.807) is 0 Å². The molecule has 2 aliphatic heterocycles. The lowest BCUT2D eigenvalue weighted by molar-refractivity contribution is -0.123. The number of carbonyl (C=O) groups excluding carboxylic acids is 1. The molecule has 2 atom stereocenters. The number of hydrogen-bond donors (Lipinski definition) is 2. The number of nitrogens with zero attached hydrogens (tertiary/aromatic N) is 1. The van der Waals surface area contributed by atoms with Gasteiger partial charge in [0.1, 0.15) is 0 Å². The Balaban J connectivity index is 0.00000161. The molecular formula is C15H21Cl2N3O. The quantitative estimate of drug-likeness (QED) is 0.893. The van der Waals surface area contributed by atoms with Crippen molar-refractivity contribution in [3.8, 4) is 0 Å². The first kappa shape index (κ1) is 16.4. The molecule has 0 aliphatic carbocycles. The fourth-order valence-corrected chi connectivity index (χ4v) is 3.18. The minimum atomic E-state index is 0. The van der Waals surface area contributed by atoms with Crippen molar-refractivity contribution in [2.75, 3.05) is 24.5 Å². The van der Waals surface area contributed by atoms with E-state index < -0.39 is 0 Å². The van der Waals surface area contributed by atoms with Crippen molar-refractivity contribution < 1.29 is 4.79 Å². The van der Waals surface area contributed by atoms with Crippen LogP contribution in [0.3, 0.4) is 0 Å². The largest absolute Gasteiger partial charge is 0.369 e. The first-order chi connectivity index (χ1) is 9.72. The molecule has 0 bridgehead atoms. The molecule has 2 fully saturated rings. The number of carbonyl (C=O) groups is 1. The SMILES string of the molecule is Cl.O=C(NC1CCN(c2cccc(Cl)c2)C1)C1CCCN1. The van der Waals surface area contributed by atoms with Gasteiger partial charge in [0.15, 0.2) is 0 Å². The van der Waals surface area contributed by atoms with E-state index >= 15 is 0 Å². The Bertz CT molecular complexity index is 492. The van der Waals surface area contributed by atoms with Gasteiger partial charge in [-0.15, -0.1) is 12.4 Å². The van der Waals surface area contributed by atoms with Gasteiger partial charge in [-0.3, -0.25) is 4.79 Å². The minimum Gasteiger partial charge on any atom is -0.369 e. The summed E-state index contributed by atoms with van der Waals surface area (Å²) in [5, 5.41) is 7.15. The van der Waals surface area contributed by atoms with Gasteiger partial charge in [-0.25, -0.2) is 0 Å². The molecule has 0 spiro atoms. The van der Waals surface area contributed by atoms with Gasteiger partial charge < -0.3 is 15.5 Å². The number of benzene rings is 1. The summed E-state index contributed by atoms with van der Waals surface area (Å²) in [6.45, 7) is 2.78. The van der Waals surface area contributed by atoms with Crippen LogP contribution in [0.1, 0.15) is 19.3 Å². The third-order valence-electron chi connectivity index (χ3n) is 4.08. The molecule has 0 radical (unpaired) electrons. The van der Waals surface area contributed by atoms with E-state index in [1.165, 1.54) is 0 Å². The Morgan fingerprint density at radius 2 is 2.24 bits per heavy atom. The number of nitrogens with one attached hydrogen (secondary N) is 2. The second kappa shape index (κ2) is 7.34. The van der Waals surface area contributed by atoms with Crippen LogP contribution in [0.15, 0.2) is 24.3 Å². The lowest BCUT2D eigenvalue weighted by Gasteiger charge is -2.20. The minimum absolute atomic E-state index is 0. The smallest absolute Gasteiger partial charge is 0.237 e. The molecule has 1 amide bonds. The van der Waals surface area contributed by atoms with Crippen molar-refractivity contribution in [2.45, 2.75) is 31.3 Å². The normalized spacial score (nSPS) is 24.7. The van der Waals surface area contributed by atoms with Crippen molar-refractivity contribution in [1.29, 1.82) is 0 Å². The molecule has 1 aromatic carbocycles. The monoisotopic (exact) mass is 329 g/mol. The van der Waals surface area contributed by atoms with Gasteiger partial charge in [-0.05, 0) is 44.0 Å². The molecule has 1 aromatic rings. The van der Waals surface area contributed by atoms with Gasteiger partial charge in [-0.2, -0.15) is 0 Å². The number of amides is 1. The van der Waals surface area contributed by atoms with Crippen molar-refractivity contribution in [3.63, 3.8) is 0 Å². The average molecular weight is 330 g/mol. The Hall–Kier alpha value is -0.970. The highest BCUT2D eigenvalue weighted by Crippen LogP contribution is 2.23. The van der Waals surface area contributed by atoms with Crippen molar-refractivity contribution in [3.05, 3.63) is 29.3 Å². The molecule has 2 N–H and O–H groups in total. The number of hydrogen-bond acceptors (Lipinski definition) is 3. The number of rotatable bonds is 3. The second-order valence-electron chi connectivity index (χ2n) is 5.57. The molecule has 2 aliphatic rings. The molecule has 0 aromatic heterocycles. The van der Waals surface area contributed by atoms with Crippen LogP contribution in [0.4, 0.5) is 5.69 Å². The zero-order valence-electron chi connectivity index (χ0n) is 11.8. The molecule has 6 heteroatoms. The zero-order valence-corrected chi connectivity index (χ0v) is 13.4. The van der Waals surface area contributed by atoms with E-state index in [0.29, 0.717) is 0 Å². The predicted molar refractivity (Wildman–Crippen MR) is 88.5 cm³/mol. The van der Waals surface area contributed by atoms with Crippen molar-refractivity contribution in [1.82, 2.24) is 10.6 Å². The summed E-state index contributed by atoms with van der Waals surface area (Å²) in [4.78, 5) is 14.4. The summed E-state index contributed by atoms with van der Waals surface area (Å²) >= 11 is 6.03. The Morgan fingerprint density at radius 3 is 2.95 bits per heavy atom. The van der Waals surface area contributed by atoms with Crippen LogP contribution in [0, 0.1) is 0 Å². The van der Waals surface area contributed by atoms with Crippen LogP contribution in [0.5, 0.6) is 0 Å². The molecule has 116 valence electrons. The summed E-state index contributed by atoms with van der Waals surface area (Å²) in [6, 6.07) is 8.14. The molecule has 2 heterocycles. The van der Waals surface area contributed by atoms with E-state index in [-0.39, 0.29) is 30.4 Å². The number of anilines is 1. The topological polar surface area (TPSA) is 44.4 Å². The predicted octanol–water partition coefficient (Wildman–Crippen LogP) is 2.21. The standard InChI is InChI=1S/C15H20ClN3O.ClH/c16-11-3-1-4-13(9-11)19-8-6-12(10-19)18-15(20)14-5-2-7-17-14;/h1,3-4,9,12,14,17H,2,5-8,10H2,(H,18,20);1H. The average Bonchev–Trinajstić information content (AvgIpc) is 3.10. The highest BCUT2D eigenvalue weighted by molar-refractivity contribution is 6.30. The molecule has 0 saturated carbocycles. The van der Waals surface area contributed by atoms with E-state index in [2.05, 4.69) is 21.6 Å². The first-order valence-corrected chi connectivity index (χ1v) is 7.64. The molecular weight excluding hydrogens is 309 g/mol. The van der Waals surface area contributed by atoms with E-state index in [1.807, 2.05) is 18.2 Å². The lowest BCUT2D eigenvalue weighted by atomic mass is 10.2. The number of halogens is 2. The maximum Gasteiger partial charge on any atom is 0.237 e. The fraction of sp³-hybridized carbons (Fsp3) is 0.533. The van der Waals surface area contributed by atoms with Crippen LogP contribution in [0.2, 0.25) is 5.02 Å². The van der Waals surface area contributed by atoms with Gasteiger partial charge >= 0.3 is 0 Å². The summed E-state index contributed by atoms with van der Waals surface area (Å²) < 4.78 is 0. The van der Waals surface area contributed by atoms with Crippen molar-refractivity contribution >= 4 is 35.6 Å². The molecule has 4 nitrogen and oxygen atoms in total. The van der Waals surface area contributed by atoms with Gasteiger partial charge in [0.25, 0.3) is 0 Å². The maximum absolute atomic E-state index is 12.1. The van der Waals surface area contributed by atoms with Crippen LogP contribution in [-0.4, -0.2) is 37.6 Å². The molecule has 2 unspecified atom stereocenters. The van der Waals surface area contributed by atoms with Crippen LogP contribution in [-0.2, 0) is 4.79 Å². The van der Waals surface area contributed by atoms with E-state index in [0.717, 1.165) is 49.6 Å². The Morgan fingerprint density at radius 1 is 1.38 bits per heavy atom. The summed E-state index contributed by atoms with van der Waals surface area (Å²) in [5.74, 6) is 0.153. The van der Waals surface area contributed by atoms with Gasteiger partial charge in [0.2, 0.25) is 5.91 Å². The maximum atomic E-state index is 12.1. The first-order valence-electron chi connectivity index (χ1n) is 7.26. The highest BCUT2D eigenvalue weighted by atomic mass is 35.5. The van der Waals surface area contributed by atoms with E-state index in [9.17, 15) is 4.79 Å². The van der Waals surface area contributed by atoms with Crippen molar-refractivity contribution in [2.24, 2.45) is 0 Å². The van der Waals surface area contributed by atoms with Gasteiger partial charge in [-0.1, -0.05) is 17.7 Å². The Kier molecular flexibility index (Phi) is 5.73. The van der Waals surface area contributed by atoms with Crippen LogP contribution in [0.25, 0.3) is 0 Å². The molecule has 2 saturated heterocycles. The zero-order chi connectivity index (χ0) is 13.9. The van der Waals surface area contributed by atoms with Gasteiger partial charge in [0, 0.05) is 29.8 Å². The third-order valence-corrected chi connectivity index (χ3v) is 4.32.